The van der Waals surface area contributed by atoms with Gasteiger partial charge in [-0.3, -0.25) is 4.79 Å². The van der Waals surface area contributed by atoms with E-state index in [-0.39, 0.29) is 30.8 Å². The van der Waals surface area contributed by atoms with Gasteiger partial charge in [0.15, 0.2) is 0 Å². The molecule has 2 atom stereocenters. The predicted molar refractivity (Wildman–Crippen MR) is 151 cm³/mol. The van der Waals surface area contributed by atoms with Crippen molar-refractivity contribution in [2.24, 2.45) is 26.8 Å². The van der Waals surface area contributed by atoms with Gasteiger partial charge in [-0.25, -0.2) is 15.0 Å². The zero-order valence-corrected chi connectivity index (χ0v) is 22.8. The summed E-state index contributed by atoms with van der Waals surface area (Å²) in [6.45, 7) is 7.98. The quantitative estimate of drug-likeness (QED) is 0.456. The number of carbonyl (C=O) groups excluding carboxylic acids is 1. The maximum absolute atomic E-state index is 12.1. The van der Waals surface area contributed by atoms with Crippen LogP contribution >= 0.6 is 0 Å². The van der Waals surface area contributed by atoms with Crippen molar-refractivity contribution < 1.29 is 19.7 Å². The maximum atomic E-state index is 12.1. The molecule has 0 radical (unpaired) electrons. The van der Waals surface area contributed by atoms with Crippen LogP contribution in [0.15, 0.2) is 107 Å². The molecule has 0 aromatic carbocycles. The Morgan fingerprint density at radius 2 is 1.87 bits per heavy atom. The van der Waals surface area contributed by atoms with Crippen LogP contribution in [-0.4, -0.2) is 47.0 Å². The van der Waals surface area contributed by atoms with E-state index >= 15 is 0 Å². The number of hydrogen-bond donors (Lipinski definition) is 3. The Morgan fingerprint density at radius 3 is 2.62 bits per heavy atom. The predicted octanol–water partition coefficient (Wildman–Crippen LogP) is 4.82. The Hall–Kier alpha value is -4.04. The molecular formula is C31H32N4O4. The van der Waals surface area contributed by atoms with Gasteiger partial charge in [0.1, 0.15) is 5.76 Å². The summed E-state index contributed by atoms with van der Waals surface area (Å²) in [5.41, 5.74) is 11.9. The number of carbonyl (C=O) groups is 1. The standard InChI is InChI=1S/C31H32N4O4/c1-14-8-18-9-23-17(4)29-27(37)10-20(31(29)35-23)30-19(6-7-28(38)39-5)15(2)25(34-30)12-24-16(3)21(13-36)26(33-24)11-22(14)32-18/h8-9,11-12,15,19,34,36-37H,6-7,10,13H2,1-5H3/t15-,19-/m0/s1. The molecule has 5 aliphatic heterocycles. The second-order valence-corrected chi connectivity index (χ2v) is 10.8. The fourth-order valence-corrected chi connectivity index (χ4v) is 6.19. The lowest BCUT2D eigenvalue weighted by atomic mass is 9.86. The van der Waals surface area contributed by atoms with Crippen molar-refractivity contribution in [2.45, 2.75) is 47.0 Å². The van der Waals surface area contributed by atoms with Crippen molar-refractivity contribution >= 4 is 23.1 Å². The van der Waals surface area contributed by atoms with Crippen molar-refractivity contribution in [1.82, 2.24) is 5.32 Å². The van der Waals surface area contributed by atoms with Gasteiger partial charge < -0.3 is 20.3 Å². The molecule has 8 nitrogen and oxygen atoms in total. The monoisotopic (exact) mass is 524 g/mol. The van der Waals surface area contributed by atoms with E-state index < -0.39 is 0 Å². The SMILES string of the molecule is COC(=O)CC[C@@H]1C2=C3CC(O)=C4C3=NC(=C4C)C=C3C=C(C)C(=N3)C=C3N=C(C=C(N2)[C@H]1C)C(C)=C3CO. The number of hydrogen-bond acceptors (Lipinski definition) is 8. The first-order valence-corrected chi connectivity index (χ1v) is 13.3. The third kappa shape index (κ3) is 4.01. The molecule has 0 saturated carbocycles. The number of fused-ring (bicyclic) bond motifs is 5. The van der Waals surface area contributed by atoms with Crippen LogP contribution in [0.2, 0.25) is 0 Å². The molecule has 0 amide bonds. The molecule has 8 bridgehead atoms. The number of ether oxygens (including phenoxy) is 1. The lowest BCUT2D eigenvalue weighted by Gasteiger charge is -2.17. The van der Waals surface area contributed by atoms with Crippen LogP contribution in [-0.2, 0) is 9.53 Å². The number of rotatable bonds is 4. The number of aliphatic hydroxyl groups excluding tert-OH is 2. The first-order valence-electron chi connectivity index (χ1n) is 13.3. The van der Waals surface area contributed by atoms with Crippen LogP contribution in [0.25, 0.3) is 0 Å². The zero-order chi connectivity index (χ0) is 27.6. The molecular weight excluding hydrogens is 492 g/mol. The van der Waals surface area contributed by atoms with Gasteiger partial charge >= 0.3 is 5.97 Å². The van der Waals surface area contributed by atoms with Crippen LogP contribution in [0.3, 0.4) is 0 Å². The molecule has 5 heterocycles. The second kappa shape index (κ2) is 9.31. The number of nitrogens with one attached hydrogen (secondary N) is 1. The Bertz CT molecular complexity index is 1580. The smallest absolute Gasteiger partial charge is 0.305 e. The number of nitrogens with zero attached hydrogens (tertiary/aromatic N) is 3. The molecule has 1 saturated heterocycles. The first-order chi connectivity index (χ1) is 18.7. The van der Waals surface area contributed by atoms with E-state index in [0.29, 0.717) is 24.3 Å². The Labute approximate surface area is 227 Å². The van der Waals surface area contributed by atoms with Gasteiger partial charge in [0, 0.05) is 52.8 Å². The van der Waals surface area contributed by atoms with Crippen molar-refractivity contribution in [3.05, 3.63) is 92.0 Å². The minimum Gasteiger partial charge on any atom is -0.511 e. The van der Waals surface area contributed by atoms with Gasteiger partial charge in [-0.05, 0) is 68.2 Å². The van der Waals surface area contributed by atoms with Crippen LogP contribution in [0.4, 0.5) is 0 Å². The average Bonchev–Trinajstić information content (AvgIpc) is 3.66. The number of allylic oxidation sites excluding steroid dienone is 11. The number of aliphatic hydroxyl groups is 2. The van der Waals surface area contributed by atoms with Crippen LogP contribution < -0.4 is 5.32 Å². The lowest BCUT2D eigenvalue weighted by molar-refractivity contribution is -0.140. The molecule has 6 aliphatic rings. The van der Waals surface area contributed by atoms with Gasteiger partial charge in [-0.1, -0.05) is 6.92 Å². The topological polar surface area (TPSA) is 116 Å². The summed E-state index contributed by atoms with van der Waals surface area (Å²) in [5.74, 6) is 0.122. The molecule has 0 aromatic heterocycles. The van der Waals surface area contributed by atoms with Crippen molar-refractivity contribution in [1.29, 1.82) is 0 Å². The molecule has 0 aromatic rings. The highest BCUT2D eigenvalue weighted by Crippen LogP contribution is 2.46. The summed E-state index contributed by atoms with van der Waals surface area (Å²) in [4.78, 5) is 26.8. The molecule has 0 spiro atoms. The minimum atomic E-state index is -0.249. The van der Waals surface area contributed by atoms with E-state index in [1.165, 1.54) is 7.11 Å². The van der Waals surface area contributed by atoms with Gasteiger partial charge in [-0.15, -0.1) is 0 Å². The van der Waals surface area contributed by atoms with E-state index in [1.54, 1.807) is 0 Å². The average molecular weight is 525 g/mol. The molecule has 3 N–H and O–H groups in total. The number of esters is 1. The molecule has 6 rings (SSSR count). The molecule has 0 unspecified atom stereocenters. The summed E-state index contributed by atoms with van der Waals surface area (Å²) in [5, 5.41) is 24.9. The Kier molecular flexibility index (Phi) is 6.03. The van der Waals surface area contributed by atoms with Gasteiger partial charge in [0.2, 0.25) is 0 Å². The highest BCUT2D eigenvalue weighted by molar-refractivity contribution is 6.21. The van der Waals surface area contributed by atoms with E-state index in [1.807, 2.05) is 45.1 Å². The molecule has 8 heteroatoms. The maximum Gasteiger partial charge on any atom is 0.305 e. The summed E-state index contributed by atoms with van der Waals surface area (Å²) in [6, 6.07) is 0. The van der Waals surface area contributed by atoms with Crippen molar-refractivity contribution in [3.8, 4) is 0 Å². The summed E-state index contributed by atoms with van der Waals surface area (Å²) in [7, 11) is 1.41. The highest BCUT2D eigenvalue weighted by atomic mass is 16.5. The third-order valence-electron chi connectivity index (χ3n) is 8.52. The van der Waals surface area contributed by atoms with Crippen LogP contribution in [0.1, 0.15) is 47.0 Å². The summed E-state index contributed by atoms with van der Waals surface area (Å²) >= 11 is 0. The zero-order valence-electron chi connectivity index (χ0n) is 22.8. The second-order valence-electron chi connectivity index (χ2n) is 10.8. The summed E-state index contributed by atoms with van der Waals surface area (Å²) in [6.07, 6.45) is 9.20. The number of methoxy groups -OCH3 is 1. The fourth-order valence-electron chi connectivity index (χ4n) is 6.19. The van der Waals surface area contributed by atoms with Crippen molar-refractivity contribution in [2.75, 3.05) is 13.7 Å². The van der Waals surface area contributed by atoms with E-state index in [2.05, 4.69) is 12.2 Å². The molecule has 1 aliphatic carbocycles. The summed E-state index contributed by atoms with van der Waals surface area (Å²) < 4.78 is 4.94. The minimum absolute atomic E-state index is 0.00404. The molecule has 1 fully saturated rings. The highest BCUT2D eigenvalue weighted by Gasteiger charge is 2.41. The molecule has 39 heavy (non-hydrogen) atoms. The van der Waals surface area contributed by atoms with E-state index in [4.69, 9.17) is 19.7 Å². The largest absolute Gasteiger partial charge is 0.511 e. The first kappa shape index (κ1) is 25.2. The Balaban J connectivity index is 1.57. The lowest BCUT2D eigenvalue weighted by Crippen LogP contribution is -2.16. The number of aliphatic imine (C=N–C) groups is 3. The Morgan fingerprint density at radius 1 is 1.08 bits per heavy atom. The van der Waals surface area contributed by atoms with Crippen LogP contribution in [0.5, 0.6) is 0 Å². The van der Waals surface area contributed by atoms with Crippen LogP contribution in [0, 0.1) is 11.8 Å². The third-order valence-corrected chi connectivity index (χ3v) is 8.52. The van der Waals surface area contributed by atoms with Gasteiger partial charge in [0.05, 0.1) is 47.9 Å². The normalized spacial score (nSPS) is 25.4. The fraction of sp³-hybridized carbons (Fsp3) is 0.355. The van der Waals surface area contributed by atoms with E-state index in [9.17, 15) is 15.0 Å². The van der Waals surface area contributed by atoms with Crippen molar-refractivity contribution in [3.63, 3.8) is 0 Å². The van der Waals surface area contributed by atoms with Gasteiger partial charge in [0.25, 0.3) is 0 Å². The van der Waals surface area contributed by atoms with E-state index in [0.717, 1.165) is 73.4 Å². The molecule has 200 valence electrons. The van der Waals surface area contributed by atoms with Gasteiger partial charge in [-0.2, -0.15) is 0 Å².